The fraction of sp³-hybridized carbons (Fsp3) is 0.0400. The summed E-state index contributed by atoms with van der Waals surface area (Å²) in [6.07, 6.45) is 7.17. The molecular formula is C25H17FN6. The molecule has 154 valence electrons. The molecule has 0 fully saturated rings. The molecular weight excluding hydrogens is 403 g/mol. The van der Waals surface area contributed by atoms with Crippen molar-refractivity contribution >= 4 is 21.9 Å². The van der Waals surface area contributed by atoms with E-state index >= 15 is 0 Å². The van der Waals surface area contributed by atoms with Crippen LogP contribution in [0.15, 0.2) is 73.3 Å². The topological polar surface area (TPSA) is 83.1 Å². The quantitative estimate of drug-likeness (QED) is 0.386. The maximum atomic E-state index is 13.4. The van der Waals surface area contributed by atoms with Gasteiger partial charge in [0, 0.05) is 35.1 Å². The van der Waals surface area contributed by atoms with Gasteiger partial charge in [0.15, 0.2) is 0 Å². The first kappa shape index (κ1) is 18.4. The summed E-state index contributed by atoms with van der Waals surface area (Å²) in [5.41, 5.74) is 8.81. The summed E-state index contributed by atoms with van der Waals surface area (Å²) >= 11 is 0. The van der Waals surface area contributed by atoms with Crippen LogP contribution >= 0.6 is 0 Å². The van der Waals surface area contributed by atoms with E-state index in [1.54, 1.807) is 30.7 Å². The van der Waals surface area contributed by atoms with Gasteiger partial charge in [0.1, 0.15) is 17.0 Å². The molecule has 0 atom stereocenters. The van der Waals surface area contributed by atoms with E-state index < -0.39 is 0 Å². The molecule has 0 saturated carbocycles. The van der Waals surface area contributed by atoms with E-state index in [0.717, 1.165) is 61.3 Å². The van der Waals surface area contributed by atoms with Gasteiger partial charge in [-0.3, -0.25) is 15.1 Å². The van der Waals surface area contributed by atoms with Crippen molar-refractivity contribution in [2.24, 2.45) is 0 Å². The lowest BCUT2D eigenvalue weighted by atomic mass is 10.0. The van der Waals surface area contributed by atoms with Crippen LogP contribution in [0.3, 0.4) is 0 Å². The highest BCUT2D eigenvalue weighted by molar-refractivity contribution is 6.00. The van der Waals surface area contributed by atoms with Crippen LogP contribution in [0.4, 0.5) is 4.39 Å². The van der Waals surface area contributed by atoms with Crippen LogP contribution in [0, 0.1) is 12.7 Å². The summed E-state index contributed by atoms with van der Waals surface area (Å²) < 4.78 is 13.4. The Morgan fingerprint density at radius 3 is 2.53 bits per heavy atom. The fourth-order valence-electron chi connectivity index (χ4n) is 4.01. The van der Waals surface area contributed by atoms with Crippen molar-refractivity contribution in [1.82, 2.24) is 30.1 Å². The third-order valence-corrected chi connectivity index (χ3v) is 5.68. The van der Waals surface area contributed by atoms with Crippen LogP contribution in [-0.2, 0) is 0 Å². The van der Waals surface area contributed by atoms with Gasteiger partial charge in [0.2, 0.25) is 0 Å². The van der Waals surface area contributed by atoms with Crippen molar-refractivity contribution in [3.8, 4) is 33.8 Å². The molecule has 0 unspecified atom stereocenters. The van der Waals surface area contributed by atoms with Gasteiger partial charge in [-0.1, -0.05) is 12.1 Å². The van der Waals surface area contributed by atoms with Crippen LogP contribution in [0.2, 0.25) is 0 Å². The summed E-state index contributed by atoms with van der Waals surface area (Å²) in [5, 5.41) is 8.58. The van der Waals surface area contributed by atoms with E-state index in [-0.39, 0.29) is 5.82 Å². The molecule has 1 aromatic carbocycles. The number of fused-ring (bicyclic) bond motifs is 2. The summed E-state index contributed by atoms with van der Waals surface area (Å²) in [6, 6.07) is 14.4. The maximum Gasteiger partial charge on any atom is 0.135 e. The summed E-state index contributed by atoms with van der Waals surface area (Å²) in [5.74, 6) is -0.266. The average Bonchev–Trinajstić information content (AvgIpc) is 3.43. The molecule has 6 nitrogen and oxygen atoms in total. The zero-order valence-corrected chi connectivity index (χ0v) is 17.1. The predicted octanol–water partition coefficient (Wildman–Crippen LogP) is 5.68. The Hall–Kier alpha value is -4.39. The zero-order chi connectivity index (χ0) is 21.7. The first-order valence-corrected chi connectivity index (χ1v) is 10.2. The van der Waals surface area contributed by atoms with E-state index in [2.05, 4.69) is 25.1 Å². The van der Waals surface area contributed by atoms with E-state index in [1.807, 2.05) is 37.4 Å². The first-order chi connectivity index (χ1) is 15.7. The van der Waals surface area contributed by atoms with Crippen LogP contribution < -0.4 is 0 Å². The minimum Gasteiger partial charge on any atom is -0.352 e. The number of hydrogen-bond acceptors (Lipinski definition) is 4. The van der Waals surface area contributed by atoms with Crippen molar-refractivity contribution in [3.05, 3.63) is 84.7 Å². The number of aryl methyl sites for hydroxylation is 1. The number of halogens is 1. The Bertz CT molecular complexity index is 1600. The lowest BCUT2D eigenvalue weighted by Gasteiger charge is -2.04. The highest BCUT2D eigenvalue weighted by Crippen LogP contribution is 2.33. The molecule has 6 aromatic rings. The SMILES string of the molecule is Cc1ccncc1-c1ccc2[nH]nc(-c3cc4c(-c5ccc(F)cc5)cncc4[nH]3)c2n1. The van der Waals surface area contributed by atoms with Crippen LogP contribution in [-0.4, -0.2) is 30.1 Å². The van der Waals surface area contributed by atoms with E-state index in [1.165, 1.54) is 12.1 Å². The van der Waals surface area contributed by atoms with Gasteiger partial charge in [-0.2, -0.15) is 5.10 Å². The van der Waals surface area contributed by atoms with Gasteiger partial charge >= 0.3 is 0 Å². The number of nitrogens with one attached hydrogen (secondary N) is 2. The molecule has 2 N–H and O–H groups in total. The minimum atomic E-state index is -0.266. The van der Waals surface area contributed by atoms with Gasteiger partial charge in [-0.05, 0) is 54.4 Å². The van der Waals surface area contributed by atoms with Crippen LogP contribution in [0.5, 0.6) is 0 Å². The second-order valence-corrected chi connectivity index (χ2v) is 7.69. The maximum absolute atomic E-state index is 13.4. The summed E-state index contributed by atoms with van der Waals surface area (Å²) in [7, 11) is 0. The van der Waals surface area contributed by atoms with Gasteiger partial charge in [0.05, 0.1) is 28.6 Å². The van der Waals surface area contributed by atoms with Gasteiger partial charge in [0.25, 0.3) is 0 Å². The smallest absolute Gasteiger partial charge is 0.135 e. The molecule has 0 radical (unpaired) electrons. The van der Waals surface area contributed by atoms with Gasteiger partial charge in [-0.15, -0.1) is 0 Å². The molecule has 5 heterocycles. The Morgan fingerprint density at radius 1 is 0.844 bits per heavy atom. The predicted molar refractivity (Wildman–Crippen MR) is 122 cm³/mol. The second kappa shape index (κ2) is 7.09. The van der Waals surface area contributed by atoms with Gasteiger partial charge < -0.3 is 4.98 Å². The molecule has 32 heavy (non-hydrogen) atoms. The molecule has 0 amide bonds. The van der Waals surface area contributed by atoms with Crippen molar-refractivity contribution in [2.45, 2.75) is 6.92 Å². The molecule has 0 aliphatic rings. The van der Waals surface area contributed by atoms with E-state index in [9.17, 15) is 4.39 Å². The normalized spacial score (nSPS) is 11.4. The molecule has 7 heteroatoms. The number of benzene rings is 1. The van der Waals surface area contributed by atoms with Gasteiger partial charge in [-0.25, -0.2) is 9.37 Å². The minimum absolute atomic E-state index is 0.266. The molecule has 0 spiro atoms. The number of rotatable bonds is 3. The lowest BCUT2D eigenvalue weighted by molar-refractivity contribution is 0.628. The lowest BCUT2D eigenvalue weighted by Crippen LogP contribution is -1.89. The summed E-state index contributed by atoms with van der Waals surface area (Å²) in [4.78, 5) is 16.9. The fourth-order valence-corrected chi connectivity index (χ4v) is 4.01. The third-order valence-electron chi connectivity index (χ3n) is 5.68. The Morgan fingerprint density at radius 2 is 1.69 bits per heavy atom. The standard InChI is InChI=1S/C25H17FN6/c1-14-8-9-27-11-18(14)20-6-7-21-24(30-20)25(32-31-21)22-10-17-19(12-28-13-23(17)29-22)15-2-4-16(26)5-3-15/h2-13,29H,1H3,(H,31,32). The van der Waals surface area contributed by atoms with Crippen LogP contribution in [0.25, 0.3) is 55.7 Å². The first-order valence-electron chi connectivity index (χ1n) is 10.2. The molecule has 0 aliphatic heterocycles. The highest BCUT2D eigenvalue weighted by Gasteiger charge is 2.16. The van der Waals surface area contributed by atoms with E-state index in [0.29, 0.717) is 0 Å². The summed E-state index contributed by atoms with van der Waals surface area (Å²) in [6.45, 7) is 2.04. The number of pyridine rings is 3. The molecule has 5 aromatic heterocycles. The van der Waals surface area contributed by atoms with Crippen molar-refractivity contribution in [2.75, 3.05) is 0 Å². The molecule has 0 saturated heterocycles. The number of nitrogens with zero attached hydrogens (tertiary/aromatic N) is 4. The number of H-pyrrole nitrogens is 2. The van der Waals surface area contributed by atoms with Crippen LogP contribution in [0.1, 0.15) is 5.56 Å². The molecule has 0 bridgehead atoms. The Balaban J connectivity index is 1.51. The third kappa shape index (κ3) is 2.94. The number of hydrogen-bond donors (Lipinski definition) is 2. The number of aromatic nitrogens is 6. The largest absolute Gasteiger partial charge is 0.352 e. The average molecular weight is 420 g/mol. The second-order valence-electron chi connectivity index (χ2n) is 7.69. The molecule has 6 rings (SSSR count). The van der Waals surface area contributed by atoms with Crippen molar-refractivity contribution in [1.29, 1.82) is 0 Å². The van der Waals surface area contributed by atoms with E-state index in [4.69, 9.17) is 4.98 Å². The highest BCUT2D eigenvalue weighted by atomic mass is 19.1. The number of aromatic amines is 2. The Kier molecular flexibility index (Phi) is 4.07. The molecule has 0 aliphatic carbocycles. The zero-order valence-electron chi connectivity index (χ0n) is 17.1. The Labute approximate surface area is 182 Å². The van der Waals surface area contributed by atoms with Crippen molar-refractivity contribution in [3.63, 3.8) is 0 Å². The monoisotopic (exact) mass is 420 g/mol. The van der Waals surface area contributed by atoms with Crippen molar-refractivity contribution < 1.29 is 4.39 Å².